The Morgan fingerprint density at radius 3 is 2.48 bits per heavy atom. The van der Waals surface area contributed by atoms with Crippen molar-refractivity contribution in [2.45, 2.75) is 25.2 Å². The van der Waals surface area contributed by atoms with E-state index in [0.29, 0.717) is 5.69 Å². The van der Waals surface area contributed by atoms with Gasteiger partial charge in [0.05, 0.1) is 13.4 Å². The molecule has 0 aromatic heterocycles. The highest BCUT2D eigenvalue weighted by Crippen LogP contribution is 2.41. The van der Waals surface area contributed by atoms with Gasteiger partial charge in [-0.15, -0.1) is 0 Å². The summed E-state index contributed by atoms with van der Waals surface area (Å²) in [6, 6.07) is 22.5. The van der Waals surface area contributed by atoms with Gasteiger partial charge in [-0.25, -0.2) is 8.42 Å². The Morgan fingerprint density at radius 2 is 1.69 bits per heavy atom. The van der Waals surface area contributed by atoms with Crippen molar-refractivity contribution in [2.75, 3.05) is 18.1 Å². The lowest BCUT2D eigenvalue weighted by Gasteiger charge is -2.23. The number of benzene rings is 3. The predicted octanol–water partition coefficient (Wildman–Crippen LogP) is 4.54. The molecular formula is C24H25NO3S. The van der Waals surface area contributed by atoms with Gasteiger partial charge in [-0.05, 0) is 59.7 Å². The molecule has 3 aromatic rings. The van der Waals surface area contributed by atoms with Gasteiger partial charge in [-0.2, -0.15) is 0 Å². The SMILES string of the molecule is COc1cccc2c1[C@@H](Cc1cccc(NS(C)(=O)=O)c1)c1ccccc1CC2. The molecule has 29 heavy (non-hydrogen) atoms. The number of nitrogens with one attached hydrogen (secondary N) is 1. The van der Waals surface area contributed by atoms with Crippen LogP contribution < -0.4 is 9.46 Å². The lowest BCUT2D eigenvalue weighted by atomic mass is 9.83. The Balaban J connectivity index is 1.80. The molecule has 5 heteroatoms. The predicted molar refractivity (Wildman–Crippen MR) is 117 cm³/mol. The van der Waals surface area contributed by atoms with Crippen molar-refractivity contribution < 1.29 is 13.2 Å². The van der Waals surface area contributed by atoms with Gasteiger partial charge in [-0.1, -0.05) is 48.5 Å². The van der Waals surface area contributed by atoms with Crippen LogP contribution in [0.2, 0.25) is 0 Å². The summed E-state index contributed by atoms with van der Waals surface area (Å²) < 4.78 is 31.6. The minimum atomic E-state index is -3.31. The Labute approximate surface area is 172 Å². The van der Waals surface area contributed by atoms with Gasteiger partial charge in [-0.3, -0.25) is 4.72 Å². The van der Waals surface area contributed by atoms with Gasteiger partial charge in [0.2, 0.25) is 10.0 Å². The number of hydrogen-bond acceptors (Lipinski definition) is 3. The van der Waals surface area contributed by atoms with Crippen molar-refractivity contribution in [2.24, 2.45) is 0 Å². The van der Waals surface area contributed by atoms with Crippen LogP contribution in [0.4, 0.5) is 5.69 Å². The summed E-state index contributed by atoms with van der Waals surface area (Å²) in [5.74, 6) is 1.06. The molecule has 0 fully saturated rings. The second kappa shape index (κ2) is 7.91. The number of hydrogen-bond donors (Lipinski definition) is 1. The average molecular weight is 408 g/mol. The largest absolute Gasteiger partial charge is 0.496 e. The van der Waals surface area contributed by atoms with Crippen LogP contribution in [0.5, 0.6) is 5.75 Å². The molecule has 0 bridgehead atoms. The maximum Gasteiger partial charge on any atom is 0.229 e. The molecule has 0 amide bonds. The number of fused-ring (bicyclic) bond motifs is 2. The normalized spacial score (nSPS) is 15.7. The van der Waals surface area contributed by atoms with Crippen molar-refractivity contribution in [3.05, 3.63) is 94.5 Å². The number of rotatable bonds is 5. The van der Waals surface area contributed by atoms with Crippen LogP contribution in [-0.4, -0.2) is 21.8 Å². The molecule has 4 nitrogen and oxygen atoms in total. The summed E-state index contributed by atoms with van der Waals surface area (Å²) in [6.45, 7) is 0. The highest BCUT2D eigenvalue weighted by molar-refractivity contribution is 7.92. The van der Waals surface area contributed by atoms with E-state index < -0.39 is 10.0 Å². The van der Waals surface area contributed by atoms with Crippen LogP contribution in [0, 0.1) is 0 Å². The van der Waals surface area contributed by atoms with Crippen molar-refractivity contribution in [3.8, 4) is 5.75 Å². The molecule has 1 atom stereocenters. The molecule has 0 spiro atoms. The van der Waals surface area contributed by atoms with Gasteiger partial charge in [0.1, 0.15) is 5.75 Å². The van der Waals surface area contributed by atoms with E-state index in [0.717, 1.165) is 30.6 Å². The number of anilines is 1. The molecule has 150 valence electrons. The summed E-state index contributed by atoms with van der Waals surface area (Å²) in [4.78, 5) is 0. The molecule has 0 unspecified atom stereocenters. The zero-order chi connectivity index (χ0) is 20.4. The average Bonchev–Trinajstić information content (AvgIpc) is 2.84. The molecule has 3 aromatic carbocycles. The molecule has 0 radical (unpaired) electrons. The van der Waals surface area contributed by atoms with E-state index in [-0.39, 0.29) is 5.92 Å². The van der Waals surface area contributed by atoms with Gasteiger partial charge < -0.3 is 4.74 Å². The maximum absolute atomic E-state index is 11.6. The Bertz CT molecular complexity index is 1140. The molecule has 0 heterocycles. The summed E-state index contributed by atoms with van der Waals surface area (Å²) in [5, 5.41) is 0. The second-order valence-corrected chi connectivity index (χ2v) is 9.31. The van der Waals surface area contributed by atoms with E-state index in [1.807, 2.05) is 18.2 Å². The van der Waals surface area contributed by atoms with E-state index in [9.17, 15) is 8.42 Å². The maximum atomic E-state index is 11.6. The van der Waals surface area contributed by atoms with Gasteiger partial charge in [0.15, 0.2) is 0 Å². The first-order valence-electron chi connectivity index (χ1n) is 9.75. The van der Waals surface area contributed by atoms with Crippen molar-refractivity contribution >= 4 is 15.7 Å². The highest BCUT2D eigenvalue weighted by atomic mass is 32.2. The van der Waals surface area contributed by atoms with E-state index in [1.54, 1.807) is 13.2 Å². The van der Waals surface area contributed by atoms with Crippen LogP contribution in [0.15, 0.2) is 66.7 Å². The van der Waals surface area contributed by atoms with E-state index in [1.165, 1.54) is 28.5 Å². The van der Waals surface area contributed by atoms with Crippen LogP contribution in [0.25, 0.3) is 0 Å². The van der Waals surface area contributed by atoms with Crippen LogP contribution in [-0.2, 0) is 29.3 Å². The summed E-state index contributed by atoms with van der Waals surface area (Å²) in [7, 11) is -1.59. The number of ether oxygens (including phenoxy) is 1. The van der Waals surface area contributed by atoms with Crippen LogP contribution in [0.1, 0.15) is 33.7 Å². The highest BCUT2D eigenvalue weighted by Gasteiger charge is 2.26. The minimum Gasteiger partial charge on any atom is -0.496 e. The van der Waals surface area contributed by atoms with Crippen LogP contribution in [0.3, 0.4) is 0 Å². The first-order chi connectivity index (χ1) is 13.9. The van der Waals surface area contributed by atoms with E-state index >= 15 is 0 Å². The molecule has 1 aliphatic rings. The van der Waals surface area contributed by atoms with Crippen molar-refractivity contribution in [1.29, 1.82) is 0 Å². The van der Waals surface area contributed by atoms with Crippen molar-refractivity contribution in [1.82, 2.24) is 0 Å². The fourth-order valence-corrected chi connectivity index (χ4v) is 4.89. The van der Waals surface area contributed by atoms with Gasteiger partial charge in [0.25, 0.3) is 0 Å². The topological polar surface area (TPSA) is 55.4 Å². The minimum absolute atomic E-state index is 0.147. The Morgan fingerprint density at radius 1 is 0.966 bits per heavy atom. The second-order valence-electron chi connectivity index (χ2n) is 7.56. The quantitative estimate of drug-likeness (QED) is 0.676. The van der Waals surface area contributed by atoms with Gasteiger partial charge >= 0.3 is 0 Å². The zero-order valence-corrected chi connectivity index (χ0v) is 17.5. The first kappa shape index (κ1) is 19.5. The molecular weight excluding hydrogens is 382 g/mol. The lowest BCUT2D eigenvalue weighted by Crippen LogP contribution is -2.11. The summed E-state index contributed by atoms with van der Waals surface area (Å²) >= 11 is 0. The lowest BCUT2D eigenvalue weighted by molar-refractivity contribution is 0.407. The third-order valence-electron chi connectivity index (χ3n) is 5.49. The number of methoxy groups -OCH3 is 1. The first-order valence-corrected chi connectivity index (χ1v) is 11.6. The van der Waals surface area contributed by atoms with E-state index in [4.69, 9.17) is 4.74 Å². The fraction of sp³-hybridized carbons (Fsp3) is 0.250. The number of aryl methyl sites for hydroxylation is 2. The smallest absolute Gasteiger partial charge is 0.229 e. The summed E-state index contributed by atoms with van der Waals surface area (Å²) in [6.07, 6.45) is 3.92. The molecule has 1 aliphatic carbocycles. The van der Waals surface area contributed by atoms with Crippen LogP contribution >= 0.6 is 0 Å². The molecule has 1 N–H and O–H groups in total. The van der Waals surface area contributed by atoms with Crippen molar-refractivity contribution in [3.63, 3.8) is 0 Å². The monoisotopic (exact) mass is 407 g/mol. The van der Waals surface area contributed by atoms with Gasteiger partial charge in [0, 0.05) is 17.2 Å². The summed E-state index contributed by atoms with van der Waals surface area (Å²) in [5.41, 5.74) is 6.90. The molecule has 4 rings (SSSR count). The van der Waals surface area contributed by atoms with E-state index in [2.05, 4.69) is 47.2 Å². The Kier molecular flexibility index (Phi) is 5.33. The zero-order valence-electron chi connectivity index (χ0n) is 16.7. The fourth-order valence-electron chi connectivity index (χ4n) is 4.33. The third-order valence-corrected chi connectivity index (χ3v) is 6.10. The molecule has 0 saturated carbocycles. The Hall–Kier alpha value is -2.79. The molecule has 0 saturated heterocycles. The molecule has 0 aliphatic heterocycles. The third kappa shape index (κ3) is 4.30. The standard InChI is InChI=1S/C24H25NO3S/c1-28-23-12-6-9-19-14-13-18-8-3-4-11-21(18)22(24(19)23)16-17-7-5-10-20(15-17)25-29(2,26)27/h3-12,15,22,25H,13-14,16H2,1-2H3/t22-/m0/s1. The number of sulfonamides is 1.